The van der Waals surface area contributed by atoms with Crippen LogP contribution in [0.2, 0.25) is 0 Å². The number of benzene rings is 1. The predicted molar refractivity (Wildman–Crippen MR) is 72.2 cm³/mol. The van der Waals surface area contributed by atoms with E-state index in [1.54, 1.807) is 18.9 Å². The normalized spacial score (nSPS) is 18.5. The van der Waals surface area contributed by atoms with E-state index in [4.69, 9.17) is 4.74 Å². The van der Waals surface area contributed by atoms with Crippen LogP contribution in [0.1, 0.15) is 12.5 Å². The van der Waals surface area contributed by atoms with Gasteiger partial charge in [0.05, 0.1) is 19.4 Å². The highest BCUT2D eigenvalue weighted by Crippen LogP contribution is 2.41. The Morgan fingerprint density at radius 3 is 2.76 bits per heavy atom. The van der Waals surface area contributed by atoms with Gasteiger partial charge in [-0.2, -0.15) is 0 Å². The van der Waals surface area contributed by atoms with Gasteiger partial charge in [0.25, 0.3) is 0 Å². The van der Waals surface area contributed by atoms with E-state index in [-0.39, 0.29) is 0 Å². The molecule has 2 aliphatic rings. The van der Waals surface area contributed by atoms with Gasteiger partial charge in [-0.1, -0.05) is 11.8 Å². The van der Waals surface area contributed by atoms with Crippen LogP contribution in [0.3, 0.4) is 0 Å². The van der Waals surface area contributed by atoms with Crippen LogP contribution in [0, 0.1) is 0 Å². The minimum atomic E-state index is 0.896. The zero-order valence-corrected chi connectivity index (χ0v) is 10.8. The molecule has 0 bridgehead atoms. The Labute approximate surface area is 105 Å². The van der Waals surface area contributed by atoms with Crippen LogP contribution in [-0.4, -0.2) is 30.3 Å². The number of methoxy groups -OCH3 is 1. The summed E-state index contributed by atoms with van der Waals surface area (Å²) in [6.07, 6.45) is 0. The summed E-state index contributed by atoms with van der Waals surface area (Å²) in [6.45, 7) is 4.07. The minimum absolute atomic E-state index is 0.896. The van der Waals surface area contributed by atoms with Crippen molar-refractivity contribution < 1.29 is 4.74 Å². The van der Waals surface area contributed by atoms with Crippen molar-refractivity contribution in [2.45, 2.75) is 6.92 Å². The van der Waals surface area contributed by atoms with Crippen LogP contribution in [0.5, 0.6) is 5.75 Å². The van der Waals surface area contributed by atoms with E-state index >= 15 is 0 Å². The molecule has 3 nitrogen and oxygen atoms in total. The quantitative estimate of drug-likeness (QED) is 0.802. The number of allylic oxidation sites excluding steroid dienone is 1. The van der Waals surface area contributed by atoms with Crippen LogP contribution in [0.15, 0.2) is 34.2 Å². The number of amidine groups is 1. The van der Waals surface area contributed by atoms with Gasteiger partial charge in [0.2, 0.25) is 0 Å². The second kappa shape index (κ2) is 4.11. The number of nitrogens with zero attached hydrogens (tertiary/aromatic N) is 2. The minimum Gasteiger partial charge on any atom is -0.497 e. The van der Waals surface area contributed by atoms with Crippen molar-refractivity contribution >= 4 is 22.6 Å². The number of aliphatic imine (C=N–C) groups is 1. The largest absolute Gasteiger partial charge is 0.497 e. The van der Waals surface area contributed by atoms with Crippen LogP contribution in [0.25, 0.3) is 5.70 Å². The summed E-state index contributed by atoms with van der Waals surface area (Å²) in [5.41, 5.74) is 2.54. The summed E-state index contributed by atoms with van der Waals surface area (Å²) >= 11 is 1.77. The van der Waals surface area contributed by atoms with Crippen molar-refractivity contribution in [3.63, 3.8) is 0 Å². The van der Waals surface area contributed by atoms with E-state index in [1.165, 1.54) is 16.2 Å². The first-order valence-corrected chi connectivity index (χ1v) is 6.46. The van der Waals surface area contributed by atoms with E-state index < -0.39 is 0 Å². The molecule has 0 amide bonds. The third-order valence-corrected chi connectivity index (χ3v) is 4.04. The van der Waals surface area contributed by atoms with Gasteiger partial charge in [0.1, 0.15) is 5.75 Å². The molecule has 0 atom stereocenters. The van der Waals surface area contributed by atoms with Gasteiger partial charge >= 0.3 is 0 Å². The number of ether oxygens (including phenoxy) is 1. The molecule has 0 aromatic heterocycles. The standard InChI is InChI=1S/C13H14N2OS/c1-9-12(15-8-7-14-13(15)17-9)10-3-5-11(16-2)6-4-10/h3-6H,7-8H2,1-2H3. The zero-order chi connectivity index (χ0) is 11.8. The number of hydrogen-bond donors (Lipinski definition) is 0. The third kappa shape index (κ3) is 1.72. The number of thioether (sulfide) groups is 1. The Balaban J connectivity index is 1.97. The van der Waals surface area contributed by atoms with E-state index in [0.29, 0.717) is 0 Å². The van der Waals surface area contributed by atoms with Crippen molar-refractivity contribution in [3.8, 4) is 5.75 Å². The summed E-state index contributed by atoms with van der Waals surface area (Å²) in [5, 5.41) is 1.15. The molecule has 0 saturated carbocycles. The molecule has 0 unspecified atom stereocenters. The lowest BCUT2D eigenvalue weighted by Gasteiger charge is -2.17. The average molecular weight is 246 g/mol. The fourth-order valence-corrected chi connectivity index (χ4v) is 3.25. The molecule has 88 valence electrons. The van der Waals surface area contributed by atoms with Gasteiger partial charge in [-0.15, -0.1) is 0 Å². The van der Waals surface area contributed by atoms with Gasteiger partial charge in [0, 0.05) is 11.4 Å². The van der Waals surface area contributed by atoms with Gasteiger partial charge in [-0.25, -0.2) is 0 Å². The molecule has 1 aromatic carbocycles. The number of hydrogen-bond acceptors (Lipinski definition) is 4. The molecule has 0 radical (unpaired) electrons. The molecule has 17 heavy (non-hydrogen) atoms. The average Bonchev–Trinajstić information content (AvgIpc) is 2.89. The van der Waals surface area contributed by atoms with Crippen LogP contribution in [0.4, 0.5) is 0 Å². The first kappa shape index (κ1) is 10.7. The van der Waals surface area contributed by atoms with E-state index in [0.717, 1.165) is 24.0 Å². The molecule has 1 aromatic rings. The maximum Gasteiger partial charge on any atom is 0.168 e. The highest BCUT2D eigenvalue weighted by molar-refractivity contribution is 8.17. The molecular weight excluding hydrogens is 232 g/mol. The Morgan fingerprint density at radius 2 is 2.06 bits per heavy atom. The van der Waals surface area contributed by atoms with Gasteiger partial charge in [-0.05, 0) is 36.8 Å². The smallest absolute Gasteiger partial charge is 0.168 e. The van der Waals surface area contributed by atoms with Crippen molar-refractivity contribution in [1.29, 1.82) is 0 Å². The fourth-order valence-electron chi connectivity index (χ4n) is 2.20. The number of rotatable bonds is 2. The molecule has 4 heteroatoms. The highest BCUT2D eigenvalue weighted by Gasteiger charge is 2.30. The lowest BCUT2D eigenvalue weighted by molar-refractivity contribution is 0.414. The Hall–Kier alpha value is -1.42. The van der Waals surface area contributed by atoms with Crippen LogP contribution in [-0.2, 0) is 0 Å². The van der Waals surface area contributed by atoms with Gasteiger partial charge in [0.15, 0.2) is 5.17 Å². The van der Waals surface area contributed by atoms with E-state index in [2.05, 4.69) is 28.9 Å². The molecule has 0 aliphatic carbocycles. The Bertz CT molecular complexity index is 505. The van der Waals surface area contributed by atoms with Crippen molar-refractivity contribution in [3.05, 3.63) is 34.7 Å². The van der Waals surface area contributed by atoms with Crippen molar-refractivity contribution in [1.82, 2.24) is 4.90 Å². The maximum absolute atomic E-state index is 5.19. The zero-order valence-electron chi connectivity index (χ0n) is 9.93. The molecule has 0 fully saturated rings. The summed E-state index contributed by atoms with van der Waals surface area (Å²) < 4.78 is 5.19. The van der Waals surface area contributed by atoms with Crippen molar-refractivity contribution in [2.75, 3.05) is 20.2 Å². The summed E-state index contributed by atoms with van der Waals surface area (Å²) in [4.78, 5) is 8.13. The SMILES string of the molecule is COc1ccc(C2=C(C)SC3=NCCN32)cc1. The second-order valence-corrected chi connectivity index (χ2v) is 5.23. The Kier molecular flexibility index (Phi) is 2.59. The summed E-state index contributed by atoms with van der Waals surface area (Å²) in [6, 6.07) is 8.23. The van der Waals surface area contributed by atoms with E-state index in [9.17, 15) is 0 Å². The predicted octanol–water partition coefficient (Wildman–Crippen LogP) is 2.80. The second-order valence-electron chi connectivity index (χ2n) is 4.05. The maximum atomic E-state index is 5.19. The van der Waals surface area contributed by atoms with Crippen LogP contribution < -0.4 is 4.74 Å². The lowest BCUT2D eigenvalue weighted by Crippen LogP contribution is -2.19. The fraction of sp³-hybridized carbons (Fsp3) is 0.308. The summed E-state index contributed by atoms with van der Waals surface area (Å²) in [5.74, 6) is 0.896. The number of fused-ring (bicyclic) bond motifs is 1. The van der Waals surface area contributed by atoms with Gasteiger partial charge < -0.3 is 9.64 Å². The molecule has 0 spiro atoms. The molecular formula is C13H14N2OS. The van der Waals surface area contributed by atoms with Gasteiger partial charge in [-0.3, -0.25) is 4.99 Å². The van der Waals surface area contributed by atoms with E-state index in [1.807, 2.05) is 12.1 Å². The first-order valence-electron chi connectivity index (χ1n) is 5.65. The molecule has 2 aliphatic heterocycles. The molecule has 2 heterocycles. The van der Waals surface area contributed by atoms with Crippen molar-refractivity contribution in [2.24, 2.45) is 4.99 Å². The molecule has 0 N–H and O–H groups in total. The van der Waals surface area contributed by atoms with Crippen LogP contribution >= 0.6 is 11.8 Å². The first-order chi connectivity index (χ1) is 8.29. The monoisotopic (exact) mass is 246 g/mol. The molecule has 0 saturated heterocycles. The topological polar surface area (TPSA) is 24.8 Å². The Morgan fingerprint density at radius 1 is 1.29 bits per heavy atom. The molecule has 3 rings (SSSR count). The third-order valence-electron chi connectivity index (χ3n) is 3.01. The lowest BCUT2D eigenvalue weighted by atomic mass is 10.1. The highest BCUT2D eigenvalue weighted by atomic mass is 32.2. The summed E-state index contributed by atoms with van der Waals surface area (Å²) in [7, 11) is 1.69.